The first-order valence-corrected chi connectivity index (χ1v) is 4.54. The molecule has 0 heterocycles. The summed E-state index contributed by atoms with van der Waals surface area (Å²) in [4.78, 5) is 0. The third-order valence-electron chi connectivity index (χ3n) is 2.58. The first-order chi connectivity index (χ1) is 5.18. The predicted octanol–water partition coefficient (Wildman–Crippen LogP) is 2.06. The van der Waals surface area contributed by atoms with Gasteiger partial charge < -0.3 is 9.84 Å². The van der Waals surface area contributed by atoms with E-state index in [1.165, 1.54) is 12.8 Å². The van der Waals surface area contributed by atoms with Crippen molar-refractivity contribution in [3.05, 3.63) is 0 Å². The second-order valence-electron chi connectivity index (χ2n) is 3.46. The number of rotatable bonds is 3. The normalized spacial score (nSPS) is 25.4. The van der Waals surface area contributed by atoms with Crippen molar-refractivity contribution in [1.29, 1.82) is 0 Å². The molecule has 1 N–H and O–H groups in total. The molecule has 1 aliphatic carbocycles. The topological polar surface area (TPSA) is 29.5 Å². The molecule has 0 amide bonds. The van der Waals surface area contributed by atoms with Crippen LogP contribution in [0.25, 0.3) is 0 Å². The van der Waals surface area contributed by atoms with E-state index in [0.717, 1.165) is 19.3 Å². The maximum Gasteiger partial charge on any atom is 0.152 e. The van der Waals surface area contributed by atoms with Crippen LogP contribution in [0.2, 0.25) is 0 Å². The van der Waals surface area contributed by atoms with E-state index in [-0.39, 0.29) is 5.60 Å². The Morgan fingerprint density at radius 2 is 2.00 bits per heavy atom. The fourth-order valence-corrected chi connectivity index (χ4v) is 1.94. The van der Waals surface area contributed by atoms with Gasteiger partial charge in [0.25, 0.3) is 0 Å². The zero-order valence-corrected chi connectivity index (χ0v) is 7.47. The van der Waals surface area contributed by atoms with E-state index >= 15 is 0 Å². The van der Waals surface area contributed by atoms with E-state index in [1.54, 1.807) is 6.92 Å². The van der Waals surface area contributed by atoms with Crippen LogP contribution in [0.15, 0.2) is 0 Å². The van der Waals surface area contributed by atoms with E-state index in [4.69, 9.17) is 9.84 Å². The molecule has 1 saturated carbocycles. The van der Waals surface area contributed by atoms with Crippen LogP contribution < -0.4 is 0 Å². The second kappa shape index (κ2) is 3.55. The molecular formula is C9H18O2. The largest absolute Gasteiger partial charge is 0.368 e. The highest BCUT2D eigenvalue weighted by molar-refractivity contribution is 4.84. The molecule has 0 aromatic heterocycles. The molecule has 1 atom stereocenters. The van der Waals surface area contributed by atoms with Gasteiger partial charge in [0.1, 0.15) is 0 Å². The van der Waals surface area contributed by atoms with Crippen molar-refractivity contribution in [2.24, 2.45) is 0 Å². The molecule has 0 radical (unpaired) electrons. The molecule has 0 aromatic rings. The smallest absolute Gasteiger partial charge is 0.152 e. The van der Waals surface area contributed by atoms with Gasteiger partial charge in [-0.15, -0.1) is 0 Å². The molecular weight excluding hydrogens is 140 g/mol. The molecule has 2 heteroatoms. The van der Waals surface area contributed by atoms with Gasteiger partial charge in [0.15, 0.2) is 6.29 Å². The number of hydrogen-bond acceptors (Lipinski definition) is 2. The number of ether oxygens (including phenoxy) is 1. The van der Waals surface area contributed by atoms with Crippen molar-refractivity contribution in [3.63, 3.8) is 0 Å². The van der Waals surface area contributed by atoms with Crippen LogP contribution in [0, 0.1) is 0 Å². The maximum absolute atomic E-state index is 9.09. The highest BCUT2D eigenvalue weighted by atomic mass is 16.6. The minimum Gasteiger partial charge on any atom is -0.368 e. The van der Waals surface area contributed by atoms with Crippen molar-refractivity contribution in [2.45, 2.75) is 57.8 Å². The van der Waals surface area contributed by atoms with E-state index in [1.807, 2.05) is 0 Å². The van der Waals surface area contributed by atoms with Gasteiger partial charge in [-0.05, 0) is 26.2 Å². The van der Waals surface area contributed by atoms with Crippen LogP contribution in [0.4, 0.5) is 0 Å². The first kappa shape index (κ1) is 9.01. The molecule has 66 valence electrons. The Kier molecular flexibility index (Phi) is 2.90. The average Bonchev–Trinajstić information content (AvgIpc) is 2.36. The van der Waals surface area contributed by atoms with Crippen molar-refractivity contribution in [3.8, 4) is 0 Å². The minimum atomic E-state index is -0.604. The fourth-order valence-electron chi connectivity index (χ4n) is 1.94. The summed E-state index contributed by atoms with van der Waals surface area (Å²) >= 11 is 0. The number of hydrogen-bond donors (Lipinski definition) is 1. The van der Waals surface area contributed by atoms with Crippen LogP contribution in [-0.2, 0) is 4.74 Å². The Balaban J connectivity index is 2.45. The highest BCUT2D eigenvalue weighted by Gasteiger charge is 2.33. The summed E-state index contributed by atoms with van der Waals surface area (Å²) in [5, 5.41) is 9.09. The third kappa shape index (κ3) is 2.17. The average molecular weight is 158 g/mol. The lowest BCUT2D eigenvalue weighted by Crippen LogP contribution is -2.31. The first-order valence-electron chi connectivity index (χ1n) is 4.54. The summed E-state index contributed by atoms with van der Waals surface area (Å²) in [6.07, 6.45) is 5.16. The number of aliphatic hydroxyl groups excluding tert-OH is 1. The van der Waals surface area contributed by atoms with Crippen LogP contribution in [0.5, 0.6) is 0 Å². The van der Waals surface area contributed by atoms with Gasteiger partial charge in [0.05, 0.1) is 5.60 Å². The fraction of sp³-hybridized carbons (Fsp3) is 1.00. The number of aliphatic hydroxyl groups is 1. The monoisotopic (exact) mass is 158 g/mol. The van der Waals surface area contributed by atoms with Gasteiger partial charge in [-0.3, -0.25) is 0 Å². The zero-order valence-electron chi connectivity index (χ0n) is 7.47. The van der Waals surface area contributed by atoms with Gasteiger partial charge in [-0.2, -0.15) is 0 Å². The highest BCUT2D eigenvalue weighted by Crippen LogP contribution is 2.36. The molecule has 1 fully saturated rings. The second-order valence-corrected chi connectivity index (χ2v) is 3.46. The molecule has 0 saturated heterocycles. The Bertz CT molecular complexity index is 115. The molecule has 2 nitrogen and oxygen atoms in total. The molecule has 0 bridgehead atoms. The van der Waals surface area contributed by atoms with Gasteiger partial charge in [-0.25, -0.2) is 0 Å². The van der Waals surface area contributed by atoms with Gasteiger partial charge >= 0.3 is 0 Å². The van der Waals surface area contributed by atoms with E-state index in [0.29, 0.717) is 0 Å². The molecule has 0 aromatic carbocycles. The van der Waals surface area contributed by atoms with Crippen LogP contribution in [-0.4, -0.2) is 17.0 Å². The van der Waals surface area contributed by atoms with Crippen molar-refractivity contribution in [1.82, 2.24) is 0 Å². The molecule has 1 rings (SSSR count). The third-order valence-corrected chi connectivity index (χ3v) is 2.58. The maximum atomic E-state index is 9.09. The molecule has 0 aliphatic heterocycles. The summed E-state index contributed by atoms with van der Waals surface area (Å²) in [6, 6.07) is 0. The van der Waals surface area contributed by atoms with E-state index in [2.05, 4.69) is 6.92 Å². The van der Waals surface area contributed by atoms with Gasteiger partial charge in [0.2, 0.25) is 0 Å². The lowest BCUT2D eigenvalue weighted by atomic mass is 9.99. The lowest BCUT2D eigenvalue weighted by Gasteiger charge is -2.29. The van der Waals surface area contributed by atoms with Gasteiger partial charge in [0, 0.05) is 0 Å². The Morgan fingerprint density at radius 3 is 2.36 bits per heavy atom. The SMILES string of the molecule is CCC1(OC(C)O)CCCC1. The quantitative estimate of drug-likeness (QED) is 0.637. The van der Waals surface area contributed by atoms with Crippen molar-refractivity contribution >= 4 is 0 Å². The summed E-state index contributed by atoms with van der Waals surface area (Å²) in [6.45, 7) is 3.82. The lowest BCUT2D eigenvalue weighted by molar-refractivity contribution is -0.175. The van der Waals surface area contributed by atoms with Crippen LogP contribution >= 0.6 is 0 Å². The van der Waals surface area contributed by atoms with Crippen LogP contribution in [0.1, 0.15) is 46.0 Å². The molecule has 0 spiro atoms. The predicted molar refractivity (Wildman–Crippen MR) is 44.3 cm³/mol. The zero-order chi connectivity index (χ0) is 8.32. The molecule has 1 unspecified atom stereocenters. The van der Waals surface area contributed by atoms with Gasteiger partial charge in [-0.1, -0.05) is 19.8 Å². The van der Waals surface area contributed by atoms with Crippen molar-refractivity contribution < 1.29 is 9.84 Å². The summed E-state index contributed by atoms with van der Waals surface area (Å²) in [5.41, 5.74) is 0.00810. The summed E-state index contributed by atoms with van der Waals surface area (Å²) in [7, 11) is 0. The standard InChI is InChI=1S/C9H18O2/c1-3-9(11-8(2)10)6-4-5-7-9/h8,10H,3-7H2,1-2H3. The van der Waals surface area contributed by atoms with E-state index in [9.17, 15) is 0 Å². The minimum absolute atomic E-state index is 0.00810. The van der Waals surface area contributed by atoms with Crippen molar-refractivity contribution in [2.75, 3.05) is 0 Å². The Hall–Kier alpha value is -0.0800. The Morgan fingerprint density at radius 1 is 1.45 bits per heavy atom. The van der Waals surface area contributed by atoms with Crippen LogP contribution in [0.3, 0.4) is 0 Å². The Labute approximate surface area is 68.6 Å². The molecule has 1 aliphatic rings. The summed E-state index contributed by atoms with van der Waals surface area (Å²) < 4.78 is 5.50. The summed E-state index contributed by atoms with van der Waals surface area (Å²) in [5.74, 6) is 0. The molecule has 11 heavy (non-hydrogen) atoms. The van der Waals surface area contributed by atoms with E-state index < -0.39 is 6.29 Å².